The standard InChI is InChI=1S/C24H19ClN2O4/c1-13-3-5-15(6-4-13)12-29-19-8-7-16(25)10-17(19)21-18(11-26)23(27)31-20-9-14(2)30-24(28)22(20)21/h3-10,21H,12,27H2,1-2H3. The molecule has 6 nitrogen and oxygen atoms in total. The van der Waals surface area contributed by atoms with E-state index in [9.17, 15) is 10.1 Å². The quantitative estimate of drug-likeness (QED) is 0.638. The molecule has 0 spiro atoms. The lowest BCUT2D eigenvalue weighted by Gasteiger charge is -2.26. The molecule has 0 saturated heterocycles. The van der Waals surface area contributed by atoms with Crippen LogP contribution in [0.25, 0.3) is 0 Å². The molecule has 0 bridgehead atoms. The van der Waals surface area contributed by atoms with Gasteiger partial charge < -0.3 is 19.6 Å². The monoisotopic (exact) mass is 434 g/mol. The zero-order chi connectivity index (χ0) is 22.1. The molecule has 7 heteroatoms. The Morgan fingerprint density at radius 2 is 1.90 bits per heavy atom. The normalized spacial score (nSPS) is 15.1. The first-order valence-corrected chi connectivity index (χ1v) is 9.95. The summed E-state index contributed by atoms with van der Waals surface area (Å²) in [5.74, 6) is 0.187. The number of hydrogen-bond acceptors (Lipinski definition) is 6. The molecule has 0 saturated carbocycles. The van der Waals surface area contributed by atoms with Crippen LogP contribution in [-0.4, -0.2) is 0 Å². The van der Waals surface area contributed by atoms with Gasteiger partial charge in [0.2, 0.25) is 5.88 Å². The van der Waals surface area contributed by atoms with Crippen molar-refractivity contribution in [3.8, 4) is 17.6 Å². The fourth-order valence-corrected chi connectivity index (χ4v) is 3.73. The van der Waals surface area contributed by atoms with Crippen molar-refractivity contribution in [2.24, 2.45) is 5.73 Å². The van der Waals surface area contributed by atoms with Crippen LogP contribution < -0.4 is 20.8 Å². The highest BCUT2D eigenvalue weighted by Crippen LogP contribution is 2.44. The van der Waals surface area contributed by atoms with Crippen molar-refractivity contribution in [2.75, 3.05) is 0 Å². The number of ether oxygens (including phenoxy) is 2. The molecule has 2 aromatic carbocycles. The lowest BCUT2D eigenvalue weighted by molar-refractivity contribution is 0.301. The van der Waals surface area contributed by atoms with E-state index in [1.54, 1.807) is 31.2 Å². The Balaban J connectivity index is 1.83. The van der Waals surface area contributed by atoms with E-state index in [1.807, 2.05) is 31.2 Å². The third-order valence-corrected chi connectivity index (χ3v) is 5.29. The van der Waals surface area contributed by atoms with E-state index in [4.69, 9.17) is 31.2 Å². The van der Waals surface area contributed by atoms with Crippen LogP contribution in [0.5, 0.6) is 11.5 Å². The molecule has 156 valence electrons. The second-order valence-corrected chi connectivity index (χ2v) is 7.74. The van der Waals surface area contributed by atoms with Gasteiger partial charge in [-0.15, -0.1) is 0 Å². The molecular weight excluding hydrogens is 416 g/mol. The van der Waals surface area contributed by atoms with E-state index in [1.165, 1.54) is 0 Å². The van der Waals surface area contributed by atoms with Crippen molar-refractivity contribution in [3.63, 3.8) is 0 Å². The third kappa shape index (κ3) is 4.00. The van der Waals surface area contributed by atoms with E-state index in [0.717, 1.165) is 11.1 Å². The number of benzene rings is 2. The number of rotatable bonds is 4. The predicted molar refractivity (Wildman–Crippen MR) is 116 cm³/mol. The summed E-state index contributed by atoms with van der Waals surface area (Å²) in [6.07, 6.45) is 0. The van der Waals surface area contributed by atoms with Crippen LogP contribution in [0.15, 0.2) is 69.2 Å². The molecule has 0 amide bonds. The summed E-state index contributed by atoms with van der Waals surface area (Å²) < 4.78 is 16.9. The van der Waals surface area contributed by atoms with Crippen molar-refractivity contribution in [1.82, 2.24) is 0 Å². The molecule has 0 fully saturated rings. The average Bonchev–Trinajstić information content (AvgIpc) is 2.72. The van der Waals surface area contributed by atoms with E-state index in [2.05, 4.69) is 6.07 Å². The van der Waals surface area contributed by atoms with Gasteiger partial charge in [-0.25, -0.2) is 4.79 Å². The van der Waals surface area contributed by atoms with Crippen LogP contribution in [0.4, 0.5) is 0 Å². The summed E-state index contributed by atoms with van der Waals surface area (Å²) in [4.78, 5) is 12.8. The molecule has 31 heavy (non-hydrogen) atoms. The van der Waals surface area contributed by atoms with E-state index in [-0.39, 0.29) is 22.8 Å². The first kappa shape index (κ1) is 20.6. The van der Waals surface area contributed by atoms with Crippen LogP contribution in [0.1, 0.15) is 33.9 Å². The van der Waals surface area contributed by atoms with Crippen molar-refractivity contribution in [2.45, 2.75) is 26.4 Å². The van der Waals surface area contributed by atoms with Crippen molar-refractivity contribution in [3.05, 3.63) is 103 Å². The highest BCUT2D eigenvalue weighted by molar-refractivity contribution is 6.30. The maximum absolute atomic E-state index is 12.8. The summed E-state index contributed by atoms with van der Waals surface area (Å²) in [6.45, 7) is 3.95. The number of fused-ring (bicyclic) bond motifs is 1. The Kier molecular flexibility index (Phi) is 5.45. The van der Waals surface area contributed by atoms with Crippen molar-refractivity contribution in [1.29, 1.82) is 5.26 Å². The number of halogens is 1. The van der Waals surface area contributed by atoms with Gasteiger partial charge in [0, 0.05) is 16.7 Å². The Morgan fingerprint density at radius 1 is 1.16 bits per heavy atom. The van der Waals surface area contributed by atoms with E-state index < -0.39 is 11.5 Å². The minimum Gasteiger partial charge on any atom is -0.489 e. The Morgan fingerprint density at radius 3 is 2.61 bits per heavy atom. The molecule has 1 aliphatic heterocycles. The molecule has 1 atom stereocenters. The Bertz CT molecular complexity index is 1290. The third-order valence-electron chi connectivity index (χ3n) is 5.05. The molecule has 1 aliphatic rings. The molecule has 1 aromatic heterocycles. The number of nitriles is 1. The zero-order valence-electron chi connectivity index (χ0n) is 16.9. The fraction of sp³-hybridized carbons (Fsp3) is 0.167. The van der Waals surface area contributed by atoms with Gasteiger partial charge in [0.1, 0.15) is 35.5 Å². The Labute approximate surface area is 184 Å². The SMILES string of the molecule is Cc1ccc(COc2ccc(Cl)cc2C2C(C#N)=C(N)Oc3cc(C)oc(=O)c32)cc1. The largest absolute Gasteiger partial charge is 0.489 e. The fourth-order valence-electron chi connectivity index (χ4n) is 3.55. The molecule has 4 rings (SSSR count). The maximum Gasteiger partial charge on any atom is 0.343 e. The van der Waals surface area contributed by atoms with Gasteiger partial charge in [-0.1, -0.05) is 41.4 Å². The first-order chi connectivity index (χ1) is 14.9. The van der Waals surface area contributed by atoms with Crippen LogP contribution in [0, 0.1) is 25.2 Å². The molecule has 0 radical (unpaired) electrons. The van der Waals surface area contributed by atoms with Gasteiger partial charge >= 0.3 is 5.63 Å². The average molecular weight is 435 g/mol. The molecule has 1 unspecified atom stereocenters. The number of nitrogens with zero attached hydrogens (tertiary/aromatic N) is 1. The second-order valence-electron chi connectivity index (χ2n) is 7.30. The number of nitrogens with two attached hydrogens (primary N) is 1. The van der Waals surface area contributed by atoms with E-state index >= 15 is 0 Å². The summed E-state index contributed by atoms with van der Waals surface area (Å²) in [5.41, 5.74) is 8.34. The Hall–Kier alpha value is -3.69. The highest BCUT2D eigenvalue weighted by Gasteiger charge is 2.36. The molecule has 2 N–H and O–H groups in total. The summed E-state index contributed by atoms with van der Waals surface area (Å²) in [6, 6.07) is 16.6. The molecule has 2 heterocycles. The molecular formula is C24H19ClN2O4. The number of aryl methyl sites for hydroxylation is 2. The summed E-state index contributed by atoms with van der Waals surface area (Å²) in [7, 11) is 0. The smallest absolute Gasteiger partial charge is 0.343 e. The summed E-state index contributed by atoms with van der Waals surface area (Å²) >= 11 is 6.27. The van der Waals surface area contributed by atoms with Gasteiger partial charge in [0.15, 0.2) is 0 Å². The van der Waals surface area contributed by atoms with E-state index in [0.29, 0.717) is 28.7 Å². The number of hydrogen-bond donors (Lipinski definition) is 1. The predicted octanol–water partition coefficient (Wildman–Crippen LogP) is 4.71. The summed E-state index contributed by atoms with van der Waals surface area (Å²) in [5, 5.41) is 10.2. The van der Waals surface area contributed by atoms with Crippen LogP contribution in [0.3, 0.4) is 0 Å². The van der Waals surface area contributed by atoms with Gasteiger partial charge in [-0.2, -0.15) is 5.26 Å². The highest BCUT2D eigenvalue weighted by atomic mass is 35.5. The van der Waals surface area contributed by atoms with Gasteiger partial charge in [0.25, 0.3) is 0 Å². The van der Waals surface area contributed by atoms with Crippen molar-refractivity contribution < 1.29 is 13.9 Å². The lowest BCUT2D eigenvalue weighted by Crippen LogP contribution is -2.26. The topological polar surface area (TPSA) is 98.5 Å². The maximum atomic E-state index is 12.8. The number of allylic oxidation sites excluding steroid dienone is 1. The van der Waals surface area contributed by atoms with Crippen LogP contribution >= 0.6 is 11.6 Å². The van der Waals surface area contributed by atoms with Crippen molar-refractivity contribution >= 4 is 11.6 Å². The van der Waals surface area contributed by atoms with Gasteiger partial charge in [0.05, 0.1) is 11.5 Å². The van der Waals surface area contributed by atoms with Gasteiger partial charge in [-0.3, -0.25) is 0 Å². The molecule has 0 aliphatic carbocycles. The second kappa shape index (κ2) is 8.21. The van der Waals surface area contributed by atoms with Crippen LogP contribution in [-0.2, 0) is 6.61 Å². The molecule has 3 aromatic rings. The first-order valence-electron chi connectivity index (χ1n) is 9.57. The zero-order valence-corrected chi connectivity index (χ0v) is 17.7. The van der Waals surface area contributed by atoms with Gasteiger partial charge in [-0.05, 0) is 37.6 Å². The minimum absolute atomic E-state index is 0.0746. The minimum atomic E-state index is -0.836. The van der Waals surface area contributed by atoms with Crippen LogP contribution in [0.2, 0.25) is 5.02 Å². The lowest BCUT2D eigenvalue weighted by atomic mass is 9.84.